The van der Waals surface area contributed by atoms with Gasteiger partial charge < -0.3 is 15.6 Å². The fraction of sp³-hybridized carbons (Fsp3) is 0.182. The number of aromatic nitrogens is 1. The Bertz CT molecular complexity index is 523. The molecule has 0 atom stereocenters. The molecular formula is C11H12ClN2O2S+. The number of nitrogens with one attached hydrogen (secondary N) is 1. The van der Waals surface area contributed by atoms with Gasteiger partial charge in [-0.15, -0.1) is 11.3 Å². The maximum absolute atomic E-state index is 9.35. The van der Waals surface area contributed by atoms with Crippen molar-refractivity contribution in [3.05, 3.63) is 28.2 Å². The highest BCUT2D eigenvalue weighted by molar-refractivity contribution is 7.20. The molecule has 0 saturated heterocycles. The molecule has 4 N–H and O–H groups in total. The fourth-order valence-corrected chi connectivity index (χ4v) is 2.67. The second-order valence-corrected chi connectivity index (χ2v) is 5.09. The summed E-state index contributed by atoms with van der Waals surface area (Å²) in [4.78, 5) is 3.89. The highest BCUT2D eigenvalue weighted by Gasteiger charge is 2.15. The Labute approximate surface area is 108 Å². The maximum atomic E-state index is 9.35. The zero-order valence-electron chi connectivity index (χ0n) is 9.16. The Kier molecular flexibility index (Phi) is 3.51. The topological polar surface area (TPSA) is 69.6 Å². The number of methoxy groups -OCH3 is 1. The second kappa shape index (κ2) is 4.91. The lowest BCUT2D eigenvalue weighted by atomic mass is 10.1. The van der Waals surface area contributed by atoms with Gasteiger partial charge in [0.1, 0.15) is 4.34 Å². The highest BCUT2D eigenvalue weighted by Crippen LogP contribution is 2.37. The van der Waals surface area contributed by atoms with E-state index >= 15 is 0 Å². The van der Waals surface area contributed by atoms with E-state index in [1.54, 1.807) is 25.4 Å². The summed E-state index contributed by atoms with van der Waals surface area (Å²) in [5.74, 6) is 0.591. The second-order valence-electron chi connectivity index (χ2n) is 3.44. The van der Waals surface area contributed by atoms with Gasteiger partial charge in [0, 0.05) is 10.4 Å². The molecule has 2 aromatic heterocycles. The Morgan fingerprint density at radius 2 is 2.29 bits per heavy atom. The number of pyridine rings is 1. The van der Waals surface area contributed by atoms with E-state index in [1.165, 1.54) is 11.3 Å². The number of nitrogen functional groups attached to an aromatic ring is 1. The van der Waals surface area contributed by atoms with Crippen LogP contribution in [0.5, 0.6) is 5.88 Å². The molecule has 0 radical (unpaired) electrons. The molecule has 2 rings (SSSR count). The average molecular weight is 272 g/mol. The Balaban J connectivity index is 2.51. The van der Waals surface area contributed by atoms with Crippen molar-refractivity contribution in [2.75, 3.05) is 12.8 Å². The van der Waals surface area contributed by atoms with Gasteiger partial charge >= 0.3 is 5.88 Å². The first-order chi connectivity index (χ1) is 8.15. The molecular weight excluding hydrogens is 260 g/mol. The summed E-state index contributed by atoms with van der Waals surface area (Å²) in [5.41, 5.74) is 7.89. The van der Waals surface area contributed by atoms with Gasteiger partial charge in [0.05, 0.1) is 31.0 Å². The molecule has 0 aliphatic carbocycles. The van der Waals surface area contributed by atoms with Crippen molar-refractivity contribution in [2.45, 2.75) is 6.61 Å². The number of hydrogen-bond donors (Lipinski definition) is 2. The van der Waals surface area contributed by atoms with E-state index in [1.807, 2.05) is 0 Å². The third-order valence-electron chi connectivity index (χ3n) is 2.38. The lowest BCUT2D eigenvalue weighted by Crippen LogP contribution is -2.08. The van der Waals surface area contributed by atoms with E-state index in [2.05, 4.69) is 4.98 Å². The van der Waals surface area contributed by atoms with Gasteiger partial charge in [0.25, 0.3) is 0 Å². The number of hydrogen-bond acceptors (Lipinski definition) is 4. The van der Waals surface area contributed by atoms with Crippen LogP contribution in [0.25, 0.3) is 10.4 Å². The quantitative estimate of drug-likeness (QED) is 0.897. The van der Waals surface area contributed by atoms with Crippen LogP contribution in [0.15, 0.2) is 18.3 Å². The van der Waals surface area contributed by atoms with E-state index < -0.39 is 0 Å². The fourth-order valence-electron chi connectivity index (χ4n) is 1.51. The molecule has 6 heteroatoms. The minimum atomic E-state index is -0.0736. The molecule has 17 heavy (non-hydrogen) atoms. The summed E-state index contributed by atoms with van der Waals surface area (Å²) in [7, 11) is 1.56. The summed E-state index contributed by atoms with van der Waals surface area (Å²) in [5, 5.41) is 9.35. The predicted molar refractivity (Wildman–Crippen MR) is 68.2 cm³/mol. The Morgan fingerprint density at radius 1 is 1.53 bits per heavy atom. The third kappa shape index (κ3) is 2.36. The first-order valence-corrected chi connectivity index (χ1v) is 6.09. The molecule has 0 unspecified atom stereocenters. The molecule has 2 aromatic rings. The van der Waals surface area contributed by atoms with Crippen LogP contribution in [0.4, 0.5) is 5.69 Å². The van der Waals surface area contributed by atoms with E-state index in [9.17, 15) is 5.11 Å². The van der Waals surface area contributed by atoms with Crippen molar-refractivity contribution >= 4 is 28.6 Å². The van der Waals surface area contributed by atoms with Crippen molar-refractivity contribution in [3.63, 3.8) is 0 Å². The highest BCUT2D eigenvalue weighted by atomic mass is 35.5. The molecule has 0 bridgehead atoms. The molecule has 0 spiro atoms. The van der Waals surface area contributed by atoms with Gasteiger partial charge in [-0.3, -0.25) is 0 Å². The van der Waals surface area contributed by atoms with Gasteiger partial charge in [0.2, 0.25) is 0 Å². The third-order valence-corrected chi connectivity index (χ3v) is 3.80. The Morgan fingerprint density at radius 3 is 2.82 bits per heavy atom. The lowest BCUT2D eigenvalue weighted by molar-refractivity contribution is -0.392. The zero-order valence-corrected chi connectivity index (χ0v) is 10.7. The van der Waals surface area contributed by atoms with Gasteiger partial charge in [0.15, 0.2) is 6.20 Å². The van der Waals surface area contributed by atoms with Crippen LogP contribution in [-0.2, 0) is 6.61 Å². The number of anilines is 1. The molecule has 4 nitrogen and oxygen atoms in total. The van der Waals surface area contributed by atoms with Crippen LogP contribution >= 0.6 is 22.9 Å². The predicted octanol–water partition coefficient (Wildman–Crippen LogP) is 1.97. The van der Waals surface area contributed by atoms with Gasteiger partial charge in [-0.2, -0.15) is 4.98 Å². The summed E-state index contributed by atoms with van der Waals surface area (Å²) in [6.45, 7) is -0.0736. The van der Waals surface area contributed by atoms with Crippen molar-refractivity contribution < 1.29 is 14.8 Å². The van der Waals surface area contributed by atoms with Crippen LogP contribution in [0.2, 0.25) is 4.34 Å². The summed E-state index contributed by atoms with van der Waals surface area (Å²) in [6.07, 6.45) is 1.77. The SMILES string of the molecule is COc1cc(CO)c(-c2cc(N)c(Cl)s2)c[nH+]1. The van der Waals surface area contributed by atoms with Crippen LogP contribution < -0.4 is 15.5 Å². The van der Waals surface area contributed by atoms with Crippen LogP contribution in [0, 0.1) is 0 Å². The molecule has 0 aromatic carbocycles. The largest absolute Gasteiger partial charge is 0.448 e. The average Bonchev–Trinajstić information content (AvgIpc) is 2.68. The van der Waals surface area contributed by atoms with E-state index in [4.69, 9.17) is 22.1 Å². The maximum Gasteiger partial charge on any atom is 0.366 e. The zero-order chi connectivity index (χ0) is 12.4. The Hall–Kier alpha value is -1.30. The van der Waals surface area contributed by atoms with Crippen LogP contribution in [-0.4, -0.2) is 12.2 Å². The number of aliphatic hydroxyl groups excluding tert-OH is 1. The number of ether oxygens (including phenoxy) is 1. The number of rotatable bonds is 3. The monoisotopic (exact) mass is 271 g/mol. The first kappa shape index (κ1) is 12.2. The molecule has 0 aliphatic rings. The van der Waals surface area contributed by atoms with Crippen molar-refractivity contribution in [1.29, 1.82) is 0 Å². The minimum Gasteiger partial charge on any atom is -0.448 e. The van der Waals surface area contributed by atoms with Gasteiger partial charge in [-0.25, -0.2) is 0 Å². The molecule has 0 saturated carbocycles. The van der Waals surface area contributed by atoms with Crippen LogP contribution in [0.3, 0.4) is 0 Å². The number of nitrogens with two attached hydrogens (primary N) is 1. The summed E-state index contributed by atoms with van der Waals surface area (Å²) < 4.78 is 5.62. The number of halogens is 1. The summed E-state index contributed by atoms with van der Waals surface area (Å²) >= 11 is 7.31. The van der Waals surface area contributed by atoms with Gasteiger partial charge in [-0.1, -0.05) is 11.6 Å². The minimum absolute atomic E-state index is 0.0736. The summed E-state index contributed by atoms with van der Waals surface area (Å²) in [6, 6.07) is 3.54. The van der Waals surface area contributed by atoms with Gasteiger partial charge in [-0.05, 0) is 6.07 Å². The van der Waals surface area contributed by atoms with E-state index in [0.717, 1.165) is 16.0 Å². The van der Waals surface area contributed by atoms with Crippen molar-refractivity contribution in [1.82, 2.24) is 0 Å². The molecule has 90 valence electrons. The molecule has 2 heterocycles. The number of H-pyrrole nitrogens is 1. The normalized spacial score (nSPS) is 10.5. The molecule has 0 aliphatic heterocycles. The standard InChI is InChI=1S/C11H11ClN2O2S/c1-16-10-2-6(5-15)7(4-14-10)9-3-8(13)11(12)17-9/h2-4,15H,5,13H2,1H3/p+1. The smallest absolute Gasteiger partial charge is 0.366 e. The molecule has 0 fully saturated rings. The lowest BCUT2D eigenvalue weighted by Gasteiger charge is -2.02. The van der Waals surface area contributed by atoms with Crippen LogP contribution in [0.1, 0.15) is 5.56 Å². The number of thiophene rings is 1. The van der Waals surface area contributed by atoms with Crippen molar-refractivity contribution in [3.8, 4) is 16.3 Å². The first-order valence-electron chi connectivity index (χ1n) is 4.90. The van der Waals surface area contributed by atoms with Crippen molar-refractivity contribution in [2.24, 2.45) is 0 Å². The van der Waals surface area contributed by atoms with E-state index in [-0.39, 0.29) is 6.61 Å². The molecule has 0 amide bonds. The number of aliphatic hydroxyl groups is 1. The van der Waals surface area contributed by atoms with E-state index in [0.29, 0.717) is 15.9 Å². The number of aromatic amines is 1.